The molecule has 12 heteroatoms. The van der Waals surface area contributed by atoms with E-state index in [1.54, 1.807) is 24.3 Å². The Morgan fingerprint density at radius 1 is 1.28 bits per heavy atom. The summed E-state index contributed by atoms with van der Waals surface area (Å²) in [6, 6.07) is 7.52. The number of carbonyl (C=O) groups is 1. The second-order valence-electron chi connectivity index (χ2n) is 5.83. The number of hydrogen-bond donors (Lipinski definition) is 1. The van der Waals surface area contributed by atoms with Crippen LogP contribution in [0.3, 0.4) is 0 Å². The highest BCUT2D eigenvalue weighted by atomic mass is 32.1. The molecule has 1 heterocycles. The molecule has 1 amide bonds. The van der Waals surface area contributed by atoms with Gasteiger partial charge < -0.3 is 15.3 Å². The largest absolute Gasteiger partial charge is 0.617 e. The summed E-state index contributed by atoms with van der Waals surface area (Å²) in [7, 11) is 1.49. The van der Waals surface area contributed by atoms with Crippen molar-refractivity contribution in [2.45, 2.75) is 12.7 Å². The van der Waals surface area contributed by atoms with Crippen LogP contribution in [0.25, 0.3) is 10.2 Å². The number of methoxy groups -OCH3 is 1. The van der Waals surface area contributed by atoms with Gasteiger partial charge in [-0.05, 0) is 29.0 Å². The molecule has 0 fully saturated rings. The van der Waals surface area contributed by atoms with Crippen LogP contribution in [0, 0.1) is 15.3 Å². The molecule has 0 aliphatic rings. The number of amides is 1. The van der Waals surface area contributed by atoms with E-state index in [9.17, 15) is 33.3 Å². The Balaban J connectivity index is 1.94. The van der Waals surface area contributed by atoms with Gasteiger partial charge in [0.15, 0.2) is 4.70 Å². The number of halogens is 3. The first-order chi connectivity index (χ1) is 13.6. The van der Waals surface area contributed by atoms with Crippen molar-refractivity contribution in [3.8, 4) is 5.75 Å². The summed E-state index contributed by atoms with van der Waals surface area (Å²) >= 11 is 0.457. The predicted molar refractivity (Wildman–Crippen MR) is 96.6 cm³/mol. The standard InChI is InChI=1S/C17H12F3N3O5S/c1-28-11-4-2-9(3-5-11)8-21-15(24)16-22(25)12-6-10(17(18,19)20)7-13(23(26)27)14(12)29-16/h2-7H,8H2,1H3,(H,21,24). The van der Waals surface area contributed by atoms with Crippen LogP contribution in [0.2, 0.25) is 0 Å². The average molecular weight is 427 g/mol. The maximum atomic E-state index is 13.0. The molecule has 152 valence electrons. The predicted octanol–water partition coefficient (Wildman–Crippen LogP) is 3.40. The van der Waals surface area contributed by atoms with Crippen molar-refractivity contribution in [3.63, 3.8) is 0 Å². The highest BCUT2D eigenvalue weighted by Crippen LogP contribution is 2.37. The molecule has 3 rings (SSSR count). The monoisotopic (exact) mass is 427 g/mol. The maximum Gasteiger partial charge on any atom is 0.416 e. The van der Waals surface area contributed by atoms with Gasteiger partial charge in [0.2, 0.25) is 5.52 Å². The lowest BCUT2D eigenvalue weighted by Crippen LogP contribution is -2.37. The van der Waals surface area contributed by atoms with Crippen LogP contribution >= 0.6 is 11.3 Å². The summed E-state index contributed by atoms with van der Waals surface area (Å²) in [5.41, 5.74) is -2.14. The molecule has 0 aliphatic heterocycles. The zero-order chi connectivity index (χ0) is 21.3. The van der Waals surface area contributed by atoms with Crippen molar-refractivity contribution >= 4 is 33.1 Å². The first-order valence-electron chi connectivity index (χ1n) is 7.94. The van der Waals surface area contributed by atoms with E-state index in [1.165, 1.54) is 7.11 Å². The van der Waals surface area contributed by atoms with E-state index < -0.39 is 38.8 Å². The van der Waals surface area contributed by atoms with E-state index >= 15 is 0 Å². The molecule has 0 radical (unpaired) electrons. The molecule has 0 saturated carbocycles. The number of benzene rings is 2. The van der Waals surface area contributed by atoms with Gasteiger partial charge >= 0.3 is 17.1 Å². The second kappa shape index (κ2) is 7.54. The second-order valence-corrected chi connectivity index (χ2v) is 6.83. The Bertz CT molecular complexity index is 1100. The number of alkyl halides is 3. The third-order valence-electron chi connectivity index (χ3n) is 3.98. The van der Waals surface area contributed by atoms with Crippen molar-refractivity contribution in [1.29, 1.82) is 0 Å². The Kier molecular flexibility index (Phi) is 5.29. The van der Waals surface area contributed by atoms with Crippen molar-refractivity contribution in [2.75, 3.05) is 7.11 Å². The van der Waals surface area contributed by atoms with Crippen LogP contribution in [-0.2, 0) is 12.7 Å². The first kappa shape index (κ1) is 20.3. The van der Waals surface area contributed by atoms with E-state index in [0.717, 1.165) is 0 Å². The van der Waals surface area contributed by atoms with Gasteiger partial charge in [0.25, 0.3) is 5.69 Å². The summed E-state index contributed by atoms with van der Waals surface area (Å²) in [6.45, 7) is 0.0347. The van der Waals surface area contributed by atoms with Crippen LogP contribution in [0.1, 0.15) is 20.9 Å². The van der Waals surface area contributed by atoms with Gasteiger partial charge in [0.1, 0.15) is 5.75 Å². The van der Waals surface area contributed by atoms with Crippen LogP contribution in [0.5, 0.6) is 5.75 Å². The molecule has 0 saturated heterocycles. The van der Waals surface area contributed by atoms with E-state index in [1.807, 2.05) is 0 Å². The highest BCUT2D eigenvalue weighted by molar-refractivity contribution is 7.20. The van der Waals surface area contributed by atoms with E-state index in [-0.39, 0.29) is 16.0 Å². The number of nitrogens with one attached hydrogen (secondary N) is 1. The van der Waals surface area contributed by atoms with Crippen molar-refractivity contribution in [3.05, 3.63) is 67.9 Å². The summed E-state index contributed by atoms with van der Waals surface area (Å²) in [5, 5.41) is 25.5. The van der Waals surface area contributed by atoms with Gasteiger partial charge in [0.05, 0.1) is 17.6 Å². The van der Waals surface area contributed by atoms with Crippen LogP contribution < -0.4 is 14.8 Å². The number of nitro benzene ring substituents is 1. The molecule has 0 aliphatic carbocycles. The maximum absolute atomic E-state index is 13.0. The number of rotatable bonds is 5. The minimum Gasteiger partial charge on any atom is -0.617 e. The normalized spacial score (nSPS) is 11.4. The fraction of sp³-hybridized carbons (Fsp3) is 0.176. The lowest BCUT2D eigenvalue weighted by molar-refractivity contribution is -0.574. The SMILES string of the molecule is COc1ccc(CNC(=O)c2sc3c([N+](=O)[O-])cc(C(F)(F)F)cc3[n+]2[O-])cc1. The van der Waals surface area contributed by atoms with E-state index in [4.69, 9.17) is 4.74 Å². The van der Waals surface area contributed by atoms with Gasteiger partial charge in [-0.15, -0.1) is 4.73 Å². The fourth-order valence-electron chi connectivity index (χ4n) is 2.54. The number of hydrogen-bond acceptors (Lipinski definition) is 6. The molecule has 0 spiro atoms. The topological polar surface area (TPSA) is 108 Å². The quantitative estimate of drug-likeness (QED) is 0.291. The molecular formula is C17H12F3N3O5S. The van der Waals surface area contributed by atoms with Gasteiger partial charge in [-0.3, -0.25) is 14.9 Å². The first-order valence-corrected chi connectivity index (χ1v) is 8.76. The minimum absolute atomic E-state index is 0.0222. The van der Waals surface area contributed by atoms with E-state index in [2.05, 4.69) is 5.32 Å². The lowest BCUT2D eigenvalue weighted by Gasteiger charge is -2.06. The van der Waals surface area contributed by atoms with Gasteiger partial charge in [0, 0.05) is 18.7 Å². The van der Waals surface area contributed by atoms with Gasteiger partial charge in [-0.1, -0.05) is 12.1 Å². The van der Waals surface area contributed by atoms with Crippen molar-refractivity contribution in [2.24, 2.45) is 0 Å². The third kappa shape index (κ3) is 4.06. The Hall–Kier alpha value is -3.41. The van der Waals surface area contributed by atoms with Crippen LogP contribution in [0.4, 0.5) is 18.9 Å². The number of ether oxygens (including phenoxy) is 1. The third-order valence-corrected chi connectivity index (χ3v) is 5.15. The number of aromatic nitrogens is 1. The number of fused-ring (bicyclic) bond motifs is 1. The summed E-state index contributed by atoms with van der Waals surface area (Å²) in [5.74, 6) is -0.255. The zero-order valence-corrected chi connectivity index (χ0v) is 15.5. The number of carbonyl (C=O) groups excluding carboxylic acids is 1. The molecular weight excluding hydrogens is 415 g/mol. The number of nitrogens with zero attached hydrogens (tertiary/aromatic N) is 2. The Morgan fingerprint density at radius 3 is 2.48 bits per heavy atom. The molecule has 0 unspecified atom stereocenters. The molecule has 29 heavy (non-hydrogen) atoms. The summed E-state index contributed by atoms with van der Waals surface area (Å²) < 4.78 is 43.7. The average Bonchev–Trinajstić information content (AvgIpc) is 3.01. The number of non-ortho nitro benzene ring substituents is 1. The smallest absolute Gasteiger partial charge is 0.416 e. The van der Waals surface area contributed by atoms with Crippen molar-refractivity contribution < 1.29 is 32.4 Å². The van der Waals surface area contributed by atoms with Crippen LogP contribution in [0.15, 0.2) is 36.4 Å². The van der Waals surface area contributed by atoms with E-state index in [0.29, 0.717) is 34.8 Å². The zero-order valence-electron chi connectivity index (χ0n) is 14.6. The Labute approximate surface area is 164 Å². The lowest BCUT2D eigenvalue weighted by atomic mass is 10.2. The fourth-order valence-corrected chi connectivity index (χ4v) is 3.56. The van der Waals surface area contributed by atoms with Gasteiger partial charge in [-0.25, -0.2) is 0 Å². The minimum atomic E-state index is -4.88. The van der Waals surface area contributed by atoms with Crippen LogP contribution in [-0.4, -0.2) is 17.9 Å². The van der Waals surface area contributed by atoms with Crippen molar-refractivity contribution in [1.82, 2.24) is 5.32 Å². The molecule has 0 atom stereocenters. The number of nitro groups is 1. The van der Waals surface area contributed by atoms with Gasteiger partial charge in [-0.2, -0.15) is 13.2 Å². The molecule has 1 aromatic heterocycles. The molecule has 8 nitrogen and oxygen atoms in total. The Morgan fingerprint density at radius 2 is 1.93 bits per heavy atom. The highest BCUT2D eigenvalue weighted by Gasteiger charge is 2.37. The molecule has 1 N–H and O–H groups in total. The molecule has 2 aromatic carbocycles. The number of thiazole rings is 1. The molecule has 3 aromatic rings. The molecule has 0 bridgehead atoms. The summed E-state index contributed by atoms with van der Waals surface area (Å²) in [6.07, 6.45) is -4.88. The summed E-state index contributed by atoms with van der Waals surface area (Å²) in [4.78, 5) is 22.5.